The first-order chi connectivity index (χ1) is 16.5. The average molecular weight is 459 g/mol. The van der Waals surface area contributed by atoms with Crippen LogP contribution in [0.15, 0.2) is 78.6 Å². The van der Waals surface area contributed by atoms with Gasteiger partial charge in [0.25, 0.3) is 11.7 Å². The number of nitrogens with zero attached hydrogens (tertiary/aromatic N) is 2. The fourth-order valence-corrected chi connectivity index (χ4v) is 3.99. The number of aliphatic hydroxyl groups is 1. The van der Waals surface area contributed by atoms with Crippen LogP contribution in [0.1, 0.15) is 36.1 Å². The van der Waals surface area contributed by atoms with Crippen LogP contribution in [-0.4, -0.2) is 40.4 Å². The van der Waals surface area contributed by atoms with Gasteiger partial charge in [-0.05, 0) is 53.9 Å². The van der Waals surface area contributed by atoms with Gasteiger partial charge in [0.15, 0.2) is 0 Å². The normalized spacial score (nSPS) is 17.1. The van der Waals surface area contributed by atoms with Crippen molar-refractivity contribution < 1.29 is 24.2 Å². The fourth-order valence-electron chi connectivity index (χ4n) is 3.99. The zero-order chi connectivity index (χ0) is 24.1. The summed E-state index contributed by atoms with van der Waals surface area (Å²) in [7, 11) is 1.55. The Bertz CT molecular complexity index is 1220. The third kappa shape index (κ3) is 4.64. The highest BCUT2D eigenvalue weighted by molar-refractivity contribution is 6.46. The third-order valence-corrected chi connectivity index (χ3v) is 5.63. The van der Waals surface area contributed by atoms with Crippen LogP contribution < -0.4 is 9.47 Å². The van der Waals surface area contributed by atoms with Gasteiger partial charge < -0.3 is 19.5 Å². The number of Topliss-reactive ketones (excluding diaryl/α,β-unsaturated/α-hetero) is 1. The Hall–Kier alpha value is -4.13. The molecule has 2 heterocycles. The highest BCUT2D eigenvalue weighted by Gasteiger charge is 2.46. The number of pyridine rings is 1. The van der Waals surface area contributed by atoms with Gasteiger partial charge >= 0.3 is 0 Å². The number of hydrogen-bond acceptors (Lipinski definition) is 6. The first-order valence-corrected chi connectivity index (χ1v) is 11.1. The second-order valence-electron chi connectivity index (χ2n) is 7.94. The summed E-state index contributed by atoms with van der Waals surface area (Å²) in [6.07, 6.45) is 4.11. The number of aliphatic hydroxyl groups excluding tert-OH is 1. The summed E-state index contributed by atoms with van der Waals surface area (Å²) in [5, 5.41) is 11.3. The van der Waals surface area contributed by atoms with E-state index in [4.69, 9.17) is 9.47 Å². The molecule has 1 unspecified atom stereocenters. The predicted molar refractivity (Wildman–Crippen MR) is 127 cm³/mol. The molecule has 0 radical (unpaired) electrons. The number of hydrogen-bond donors (Lipinski definition) is 1. The van der Waals surface area contributed by atoms with Crippen molar-refractivity contribution in [2.45, 2.75) is 25.9 Å². The van der Waals surface area contributed by atoms with Crippen molar-refractivity contribution in [3.8, 4) is 11.5 Å². The van der Waals surface area contributed by atoms with Crippen molar-refractivity contribution in [2.75, 3.05) is 13.7 Å². The first kappa shape index (κ1) is 23.0. The number of likely N-dealkylation sites (tertiary alicyclic amines) is 1. The molecule has 1 aliphatic rings. The maximum atomic E-state index is 13.2. The Morgan fingerprint density at radius 2 is 1.76 bits per heavy atom. The van der Waals surface area contributed by atoms with E-state index in [2.05, 4.69) is 4.98 Å². The lowest BCUT2D eigenvalue weighted by Crippen LogP contribution is -2.29. The zero-order valence-electron chi connectivity index (χ0n) is 19.1. The molecule has 7 nitrogen and oxygen atoms in total. The Balaban J connectivity index is 1.83. The van der Waals surface area contributed by atoms with E-state index < -0.39 is 17.7 Å². The smallest absolute Gasteiger partial charge is 0.295 e. The lowest BCUT2D eigenvalue weighted by atomic mass is 9.95. The van der Waals surface area contributed by atoms with Gasteiger partial charge in [0, 0.05) is 24.5 Å². The van der Waals surface area contributed by atoms with E-state index in [9.17, 15) is 14.7 Å². The molecule has 0 bridgehead atoms. The molecular weight excluding hydrogens is 432 g/mol. The Kier molecular flexibility index (Phi) is 6.92. The maximum absolute atomic E-state index is 13.2. The standard InChI is InChI=1S/C27H26N2O5/c1-3-14-34-22-9-5-7-20(16-22)25(30)23-24(19-6-4-8-21(15-19)33-2)29(27(32)26(23)31)17-18-10-12-28-13-11-18/h4-13,15-16,24,30H,3,14,17H2,1-2H3/b25-23-. The van der Waals surface area contributed by atoms with E-state index >= 15 is 0 Å². The van der Waals surface area contributed by atoms with E-state index in [1.165, 1.54) is 4.90 Å². The largest absolute Gasteiger partial charge is 0.507 e. The van der Waals surface area contributed by atoms with Crippen LogP contribution in [0.5, 0.6) is 11.5 Å². The summed E-state index contributed by atoms with van der Waals surface area (Å²) in [5.74, 6) is -0.494. The van der Waals surface area contributed by atoms with Gasteiger partial charge in [-0.2, -0.15) is 0 Å². The van der Waals surface area contributed by atoms with Crippen molar-refractivity contribution in [1.82, 2.24) is 9.88 Å². The molecule has 0 saturated carbocycles. The molecule has 34 heavy (non-hydrogen) atoms. The minimum absolute atomic E-state index is 0.0277. The SMILES string of the molecule is CCCOc1cccc(/C(O)=C2/C(=O)C(=O)N(Cc3ccncc3)C2c2cccc(OC)c2)c1. The van der Waals surface area contributed by atoms with Gasteiger partial charge in [-0.25, -0.2) is 0 Å². The molecule has 0 aliphatic carbocycles. The van der Waals surface area contributed by atoms with E-state index in [1.54, 1.807) is 74.1 Å². The minimum atomic E-state index is -0.788. The maximum Gasteiger partial charge on any atom is 0.295 e. The van der Waals surface area contributed by atoms with Crippen LogP contribution in [0.25, 0.3) is 5.76 Å². The molecule has 0 spiro atoms. The highest BCUT2D eigenvalue weighted by atomic mass is 16.5. The highest BCUT2D eigenvalue weighted by Crippen LogP contribution is 2.41. The van der Waals surface area contributed by atoms with Gasteiger partial charge in [0.1, 0.15) is 17.3 Å². The van der Waals surface area contributed by atoms with Crippen LogP contribution in [0, 0.1) is 0 Å². The molecule has 1 saturated heterocycles. The van der Waals surface area contributed by atoms with E-state index in [-0.39, 0.29) is 17.9 Å². The van der Waals surface area contributed by atoms with Crippen molar-refractivity contribution in [1.29, 1.82) is 0 Å². The number of amides is 1. The fraction of sp³-hybridized carbons (Fsp3) is 0.222. The molecular formula is C27H26N2O5. The summed E-state index contributed by atoms with van der Waals surface area (Å²) < 4.78 is 11.0. The molecule has 1 amide bonds. The zero-order valence-corrected chi connectivity index (χ0v) is 19.1. The Morgan fingerprint density at radius 1 is 1.03 bits per heavy atom. The second-order valence-corrected chi connectivity index (χ2v) is 7.94. The van der Waals surface area contributed by atoms with Crippen molar-refractivity contribution in [3.05, 3.63) is 95.3 Å². The summed E-state index contributed by atoms with van der Waals surface area (Å²) in [6.45, 7) is 2.72. The number of benzene rings is 2. The van der Waals surface area contributed by atoms with Crippen LogP contribution >= 0.6 is 0 Å². The van der Waals surface area contributed by atoms with Crippen molar-refractivity contribution >= 4 is 17.4 Å². The summed E-state index contributed by atoms with van der Waals surface area (Å²) in [4.78, 5) is 31.9. The lowest BCUT2D eigenvalue weighted by molar-refractivity contribution is -0.140. The average Bonchev–Trinajstić information content (AvgIpc) is 3.12. The van der Waals surface area contributed by atoms with Gasteiger partial charge in [-0.3, -0.25) is 14.6 Å². The van der Waals surface area contributed by atoms with Crippen molar-refractivity contribution in [3.63, 3.8) is 0 Å². The summed E-state index contributed by atoms with van der Waals surface area (Å²) in [6, 6.07) is 16.8. The third-order valence-electron chi connectivity index (χ3n) is 5.63. The molecule has 7 heteroatoms. The number of ketones is 1. The van der Waals surface area contributed by atoms with Gasteiger partial charge in [0.2, 0.25) is 0 Å². The van der Waals surface area contributed by atoms with E-state index in [1.807, 2.05) is 13.0 Å². The summed E-state index contributed by atoms with van der Waals surface area (Å²) in [5.41, 5.74) is 1.91. The molecule has 2 aromatic carbocycles. The van der Waals surface area contributed by atoms with E-state index in [0.717, 1.165) is 12.0 Å². The van der Waals surface area contributed by atoms with Gasteiger partial charge in [0.05, 0.1) is 25.3 Å². The number of methoxy groups -OCH3 is 1. The number of ether oxygens (including phenoxy) is 2. The van der Waals surface area contributed by atoms with Crippen LogP contribution in [0.4, 0.5) is 0 Å². The van der Waals surface area contributed by atoms with E-state index in [0.29, 0.717) is 29.2 Å². The Morgan fingerprint density at radius 3 is 2.50 bits per heavy atom. The topological polar surface area (TPSA) is 89.0 Å². The quantitative estimate of drug-likeness (QED) is 0.304. The van der Waals surface area contributed by atoms with Crippen LogP contribution in [-0.2, 0) is 16.1 Å². The minimum Gasteiger partial charge on any atom is -0.507 e. The van der Waals surface area contributed by atoms with Crippen LogP contribution in [0.3, 0.4) is 0 Å². The molecule has 4 rings (SSSR count). The van der Waals surface area contributed by atoms with Crippen LogP contribution in [0.2, 0.25) is 0 Å². The molecule has 174 valence electrons. The molecule has 1 fully saturated rings. The van der Waals surface area contributed by atoms with Gasteiger partial charge in [-0.1, -0.05) is 31.2 Å². The monoisotopic (exact) mass is 458 g/mol. The number of rotatable bonds is 8. The first-order valence-electron chi connectivity index (χ1n) is 11.1. The van der Waals surface area contributed by atoms with Gasteiger partial charge in [-0.15, -0.1) is 0 Å². The number of carbonyl (C=O) groups is 2. The molecule has 1 aromatic heterocycles. The molecule has 1 N–H and O–H groups in total. The molecule has 3 aromatic rings. The number of aromatic nitrogens is 1. The summed E-state index contributed by atoms with van der Waals surface area (Å²) >= 11 is 0. The second kappa shape index (κ2) is 10.2. The lowest BCUT2D eigenvalue weighted by Gasteiger charge is -2.25. The molecule has 1 aliphatic heterocycles. The predicted octanol–water partition coefficient (Wildman–Crippen LogP) is 4.50. The van der Waals surface area contributed by atoms with Crippen molar-refractivity contribution in [2.24, 2.45) is 0 Å². The molecule has 1 atom stereocenters. The Labute approximate surface area is 198 Å². The number of carbonyl (C=O) groups excluding carboxylic acids is 2.